The van der Waals surface area contributed by atoms with Gasteiger partial charge < -0.3 is 26.3 Å². The molecule has 2 aromatic heterocycles. The number of carbonyl (C=O) groups is 4. The number of hydrogen-bond donors (Lipinski definition) is 4. The van der Waals surface area contributed by atoms with Crippen LogP contribution in [-0.2, 0) is 14.4 Å². The summed E-state index contributed by atoms with van der Waals surface area (Å²) in [6, 6.07) is 3.62. The van der Waals surface area contributed by atoms with Crippen LogP contribution < -0.4 is 20.8 Å². The minimum Gasteiger partial charge on any atom is -0.593 e. The molecule has 4 amide bonds. The first-order valence-electron chi connectivity index (χ1n) is 10.5. The van der Waals surface area contributed by atoms with Crippen molar-refractivity contribution in [2.24, 2.45) is 0 Å². The molecule has 0 spiro atoms. The topological polar surface area (TPSA) is 168 Å². The van der Waals surface area contributed by atoms with Crippen LogP contribution in [0.3, 0.4) is 0 Å². The lowest BCUT2D eigenvalue weighted by atomic mass is 10.0. The van der Waals surface area contributed by atoms with E-state index >= 15 is 0 Å². The molecule has 0 aliphatic carbocycles. The fraction of sp³-hybridized carbons (Fsp3) is 0.238. The summed E-state index contributed by atoms with van der Waals surface area (Å²) in [4.78, 5) is 52.2. The molecule has 0 aromatic carbocycles. The zero-order chi connectivity index (χ0) is 26.7. The Morgan fingerprint density at radius 3 is 2.84 bits per heavy atom. The molecule has 0 bridgehead atoms. The molecule has 2 unspecified atom stereocenters. The van der Waals surface area contributed by atoms with E-state index < -0.39 is 41.3 Å². The molecule has 2 aliphatic heterocycles. The number of thioether (sulfide) groups is 2. The van der Waals surface area contributed by atoms with E-state index in [1.54, 1.807) is 17.5 Å². The zero-order valence-corrected chi connectivity index (χ0v) is 22.0. The smallest absolute Gasteiger partial charge is 0.352 e. The summed E-state index contributed by atoms with van der Waals surface area (Å²) >= 11 is 9.31. The first kappa shape index (κ1) is 26.8. The Hall–Kier alpha value is -3.27. The molecule has 194 valence electrons. The van der Waals surface area contributed by atoms with Gasteiger partial charge in [-0.1, -0.05) is 24.2 Å². The number of carbonyl (C=O) groups excluding carboxylic acids is 3. The molecule has 1 fully saturated rings. The van der Waals surface area contributed by atoms with Crippen molar-refractivity contribution in [3.05, 3.63) is 68.9 Å². The highest BCUT2D eigenvalue weighted by Gasteiger charge is 2.54. The van der Waals surface area contributed by atoms with Crippen molar-refractivity contribution < 1.29 is 29.1 Å². The van der Waals surface area contributed by atoms with Crippen LogP contribution in [0.5, 0.6) is 0 Å². The number of halogens is 1. The molecule has 0 saturated carbocycles. The molecule has 0 radical (unpaired) electrons. The third kappa shape index (κ3) is 5.69. The zero-order valence-electron chi connectivity index (χ0n) is 18.8. The quantitative estimate of drug-likeness (QED) is 0.148. The summed E-state index contributed by atoms with van der Waals surface area (Å²) < 4.78 is 0. The number of nitrogens with one attached hydrogen (secondary N) is 3. The number of nitrogens with zero attached hydrogens (tertiary/aromatic N) is 3. The first-order chi connectivity index (χ1) is 17.7. The van der Waals surface area contributed by atoms with Crippen LogP contribution in [0, 0.1) is 5.21 Å². The number of fused-ring (bicyclic) bond motifs is 1. The van der Waals surface area contributed by atoms with E-state index in [9.17, 15) is 29.5 Å². The van der Waals surface area contributed by atoms with Gasteiger partial charge >= 0.3 is 12.0 Å². The Morgan fingerprint density at radius 2 is 2.19 bits per heavy atom. The third-order valence-electron chi connectivity index (χ3n) is 5.28. The number of carboxylic acid groups (broad SMARTS) is 1. The SMILES string of the molecule is C=CNC(=O)NC(C(=O)N[C@H]1C(=O)N2C(C(=O)O)=C(CSc3ccc(Cl)n[n+]3[O-])CSC12)c1cccs1. The monoisotopic (exact) mass is 582 g/mol. The summed E-state index contributed by atoms with van der Waals surface area (Å²) in [6.45, 7) is 3.41. The Morgan fingerprint density at radius 1 is 1.41 bits per heavy atom. The number of amides is 4. The van der Waals surface area contributed by atoms with Crippen LogP contribution in [0.25, 0.3) is 0 Å². The van der Waals surface area contributed by atoms with Gasteiger partial charge in [-0.3, -0.25) is 14.5 Å². The van der Waals surface area contributed by atoms with Crippen molar-refractivity contribution in [3.8, 4) is 0 Å². The van der Waals surface area contributed by atoms with Gasteiger partial charge in [0.15, 0.2) is 5.15 Å². The normalized spacial score (nSPS) is 19.4. The summed E-state index contributed by atoms with van der Waals surface area (Å²) in [5, 5.41) is 34.2. The molecule has 2 aromatic rings. The molecule has 4 heterocycles. The number of carboxylic acids is 1. The van der Waals surface area contributed by atoms with Gasteiger partial charge in [0.25, 0.3) is 10.9 Å². The van der Waals surface area contributed by atoms with Crippen LogP contribution in [0.15, 0.2) is 58.7 Å². The maximum absolute atomic E-state index is 13.1. The highest BCUT2D eigenvalue weighted by Crippen LogP contribution is 2.41. The number of aromatic nitrogens is 2. The molecule has 37 heavy (non-hydrogen) atoms. The van der Waals surface area contributed by atoms with Gasteiger partial charge in [-0.15, -0.1) is 23.1 Å². The predicted molar refractivity (Wildman–Crippen MR) is 138 cm³/mol. The Balaban J connectivity index is 1.48. The van der Waals surface area contributed by atoms with Gasteiger partial charge in [-0.05, 0) is 45.9 Å². The fourth-order valence-corrected chi connectivity index (χ4v) is 6.91. The molecule has 4 N–H and O–H groups in total. The van der Waals surface area contributed by atoms with Crippen molar-refractivity contribution >= 4 is 70.3 Å². The molecular formula is C21H19ClN6O6S3. The largest absolute Gasteiger partial charge is 0.593 e. The van der Waals surface area contributed by atoms with E-state index in [1.165, 1.54) is 41.4 Å². The predicted octanol–water partition coefficient (Wildman–Crippen LogP) is 1.44. The Labute approximate surface area is 227 Å². The second kappa shape index (κ2) is 11.4. The lowest BCUT2D eigenvalue weighted by molar-refractivity contribution is -0.706. The van der Waals surface area contributed by atoms with Gasteiger partial charge in [-0.25, -0.2) is 9.59 Å². The van der Waals surface area contributed by atoms with E-state index in [4.69, 9.17) is 11.6 Å². The maximum atomic E-state index is 13.1. The number of hydrogen-bond acceptors (Lipinski definition) is 9. The average molecular weight is 583 g/mol. The molecule has 12 nitrogen and oxygen atoms in total. The van der Waals surface area contributed by atoms with E-state index in [0.717, 1.165) is 16.7 Å². The fourth-order valence-electron chi connectivity index (χ4n) is 3.66. The molecule has 4 rings (SSSR count). The van der Waals surface area contributed by atoms with Gasteiger partial charge in [0.05, 0.1) is 0 Å². The van der Waals surface area contributed by atoms with Crippen molar-refractivity contribution in [1.82, 2.24) is 25.9 Å². The molecule has 2 aliphatic rings. The molecule has 3 atom stereocenters. The van der Waals surface area contributed by atoms with Gasteiger partial charge in [0, 0.05) is 27.5 Å². The molecular weight excluding hydrogens is 564 g/mol. The maximum Gasteiger partial charge on any atom is 0.352 e. The van der Waals surface area contributed by atoms with Crippen LogP contribution in [0.2, 0.25) is 5.15 Å². The number of urea groups is 1. The Bertz CT molecular complexity index is 1290. The van der Waals surface area contributed by atoms with Crippen molar-refractivity contribution in [2.45, 2.75) is 22.5 Å². The van der Waals surface area contributed by atoms with Crippen molar-refractivity contribution in [3.63, 3.8) is 0 Å². The summed E-state index contributed by atoms with van der Waals surface area (Å²) in [7, 11) is 0. The summed E-state index contributed by atoms with van der Waals surface area (Å²) in [5.74, 6) is -2.08. The van der Waals surface area contributed by atoms with Crippen LogP contribution in [-0.4, -0.2) is 61.8 Å². The summed E-state index contributed by atoms with van der Waals surface area (Å²) in [5.41, 5.74) is 0.274. The minimum absolute atomic E-state index is 0.0259. The van der Waals surface area contributed by atoms with E-state index in [-0.39, 0.29) is 27.4 Å². The molecule has 16 heteroatoms. The van der Waals surface area contributed by atoms with Gasteiger partial charge in [0.2, 0.25) is 5.91 Å². The van der Waals surface area contributed by atoms with Crippen LogP contribution >= 0.6 is 46.5 Å². The Kier molecular flexibility index (Phi) is 8.26. The van der Waals surface area contributed by atoms with Crippen molar-refractivity contribution in [2.75, 3.05) is 11.5 Å². The standard InChI is InChI=1S/C21H19ClN6O6S3/c1-2-23-21(33)25-14(11-4-3-7-35-11)17(29)24-15-18(30)27-16(20(31)32)10(9-37-19(15)27)8-36-13-6-5-12(22)26-28(13)34/h2-7,14-15,19H,1,8-9H2,(H,24,29)(H,31,32)(H2,23,25,33)/t14?,15-,19?/m0/s1. The van der Waals surface area contributed by atoms with E-state index in [0.29, 0.717) is 15.3 Å². The van der Waals surface area contributed by atoms with Crippen LogP contribution in [0.1, 0.15) is 10.9 Å². The minimum atomic E-state index is -1.29. The second-order valence-corrected chi connectivity index (χ2v) is 11.0. The number of aliphatic carboxylic acids is 1. The molecule has 1 saturated heterocycles. The van der Waals surface area contributed by atoms with Crippen LogP contribution in [0.4, 0.5) is 4.79 Å². The van der Waals surface area contributed by atoms with Crippen molar-refractivity contribution in [1.29, 1.82) is 0 Å². The number of β-lactam (4-membered cyclic amide) rings is 1. The lowest BCUT2D eigenvalue weighted by Gasteiger charge is -2.49. The second-order valence-electron chi connectivity index (χ2n) is 7.58. The highest BCUT2D eigenvalue weighted by molar-refractivity contribution is 8.01. The van der Waals surface area contributed by atoms with E-state index in [2.05, 4.69) is 27.6 Å². The number of thiophene rings is 1. The van der Waals surface area contributed by atoms with Gasteiger partial charge in [-0.2, -0.15) is 0 Å². The summed E-state index contributed by atoms with van der Waals surface area (Å²) in [6.07, 6.45) is 1.17. The highest BCUT2D eigenvalue weighted by atomic mass is 35.5. The third-order valence-corrected chi connectivity index (χ3v) is 8.84. The number of rotatable bonds is 9. The average Bonchev–Trinajstić information content (AvgIpc) is 3.39. The lowest BCUT2D eigenvalue weighted by Crippen LogP contribution is -2.71. The first-order valence-corrected chi connectivity index (χ1v) is 13.8. The van der Waals surface area contributed by atoms with Gasteiger partial charge in [0.1, 0.15) is 23.2 Å². The van der Waals surface area contributed by atoms with E-state index in [1.807, 2.05) is 0 Å².